The highest BCUT2D eigenvalue weighted by Gasteiger charge is 2.10. The summed E-state index contributed by atoms with van der Waals surface area (Å²) in [7, 11) is 0. The number of benzene rings is 1. The Morgan fingerprint density at radius 1 is 1.39 bits per heavy atom. The van der Waals surface area contributed by atoms with Crippen LogP contribution in [0.15, 0.2) is 41.8 Å². The number of hydrogen-bond donors (Lipinski definition) is 1. The topological polar surface area (TPSA) is 29.1 Å². The highest BCUT2D eigenvalue weighted by Crippen LogP contribution is 2.18. The van der Waals surface area contributed by atoms with Gasteiger partial charge in [0, 0.05) is 4.88 Å². The van der Waals surface area contributed by atoms with Crippen LogP contribution in [0.3, 0.4) is 0 Å². The van der Waals surface area contributed by atoms with E-state index < -0.39 is 0 Å². The molecule has 0 radical (unpaired) electrons. The first-order chi connectivity index (χ1) is 8.65. The lowest BCUT2D eigenvalue weighted by Crippen LogP contribution is -2.27. The maximum absolute atomic E-state index is 13.0. The molecule has 2 nitrogen and oxygen atoms in total. The fourth-order valence-corrected chi connectivity index (χ4v) is 2.47. The van der Waals surface area contributed by atoms with Crippen LogP contribution in [0.1, 0.15) is 23.4 Å². The molecule has 0 saturated carbocycles. The fraction of sp³-hybridized carbons (Fsp3) is 0.214. The maximum Gasteiger partial charge on any atom is 0.224 e. The van der Waals surface area contributed by atoms with Crippen molar-refractivity contribution in [2.24, 2.45) is 0 Å². The normalized spacial score (nSPS) is 12.1. The van der Waals surface area contributed by atoms with E-state index in [2.05, 4.69) is 5.32 Å². The van der Waals surface area contributed by atoms with Crippen molar-refractivity contribution in [3.63, 3.8) is 0 Å². The van der Waals surface area contributed by atoms with Crippen molar-refractivity contribution in [3.8, 4) is 0 Å². The van der Waals surface area contributed by atoms with Gasteiger partial charge in [0.15, 0.2) is 0 Å². The van der Waals surface area contributed by atoms with Crippen LogP contribution >= 0.6 is 11.3 Å². The summed E-state index contributed by atoms with van der Waals surface area (Å²) in [6.07, 6.45) is 0.202. The van der Waals surface area contributed by atoms with Crippen LogP contribution in [0.4, 0.5) is 4.39 Å². The van der Waals surface area contributed by atoms with Crippen molar-refractivity contribution < 1.29 is 9.18 Å². The molecule has 0 spiro atoms. The Morgan fingerprint density at radius 3 is 2.89 bits per heavy atom. The Hall–Kier alpha value is -1.68. The number of rotatable bonds is 4. The zero-order chi connectivity index (χ0) is 13.0. The van der Waals surface area contributed by atoms with E-state index in [1.54, 1.807) is 23.5 Å². The first kappa shape index (κ1) is 12.8. The third-order valence-electron chi connectivity index (χ3n) is 2.60. The van der Waals surface area contributed by atoms with E-state index >= 15 is 0 Å². The smallest absolute Gasteiger partial charge is 0.224 e. The molecule has 0 aliphatic carbocycles. The second-order valence-corrected chi connectivity index (χ2v) is 5.09. The first-order valence-electron chi connectivity index (χ1n) is 5.72. The predicted octanol–water partition coefficient (Wildman–Crippen LogP) is 3.31. The summed E-state index contributed by atoms with van der Waals surface area (Å²) in [4.78, 5) is 12.9. The van der Waals surface area contributed by atoms with Gasteiger partial charge in [-0.05, 0) is 36.1 Å². The van der Waals surface area contributed by atoms with Crippen molar-refractivity contribution in [1.29, 1.82) is 0 Å². The van der Waals surface area contributed by atoms with Gasteiger partial charge in [-0.2, -0.15) is 0 Å². The van der Waals surface area contributed by atoms with Gasteiger partial charge in [-0.1, -0.05) is 18.2 Å². The van der Waals surface area contributed by atoms with Crippen LogP contribution < -0.4 is 5.32 Å². The van der Waals surface area contributed by atoms with Crippen molar-refractivity contribution in [1.82, 2.24) is 5.32 Å². The van der Waals surface area contributed by atoms with Crippen molar-refractivity contribution >= 4 is 17.2 Å². The Kier molecular flexibility index (Phi) is 4.10. The highest BCUT2D eigenvalue weighted by molar-refractivity contribution is 7.10. The molecule has 1 atom stereocenters. The lowest BCUT2D eigenvalue weighted by atomic mass is 10.1. The summed E-state index contributed by atoms with van der Waals surface area (Å²) in [5, 5.41) is 4.88. The SMILES string of the molecule is C[C@H](NC(=O)Cc1cccc(F)c1)c1cccs1. The Bertz CT molecular complexity index is 524. The average molecular weight is 263 g/mol. The molecule has 1 N–H and O–H groups in total. The molecule has 1 amide bonds. The number of hydrogen-bond acceptors (Lipinski definition) is 2. The molecule has 2 rings (SSSR count). The Labute approximate surface area is 109 Å². The summed E-state index contributed by atoms with van der Waals surface area (Å²) in [5.41, 5.74) is 0.686. The van der Waals surface area contributed by atoms with E-state index in [1.807, 2.05) is 24.4 Å². The zero-order valence-electron chi connectivity index (χ0n) is 10.0. The van der Waals surface area contributed by atoms with E-state index in [-0.39, 0.29) is 24.2 Å². The second-order valence-electron chi connectivity index (χ2n) is 4.11. The van der Waals surface area contributed by atoms with Crippen molar-refractivity contribution in [2.45, 2.75) is 19.4 Å². The lowest BCUT2D eigenvalue weighted by molar-refractivity contribution is -0.121. The summed E-state index contributed by atoms with van der Waals surface area (Å²) in [5.74, 6) is -0.409. The quantitative estimate of drug-likeness (QED) is 0.901. The molecule has 0 saturated heterocycles. The van der Waals surface area contributed by atoms with Crippen LogP contribution in [0.2, 0.25) is 0 Å². The third-order valence-corrected chi connectivity index (χ3v) is 3.66. The minimum absolute atomic E-state index is 0.00828. The number of amides is 1. The molecule has 1 heterocycles. The molecule has 2 aromatic rings. The lowest BCUT2D eigenvalue weighted by Gasteiger charge is -2.12. The van der Waals surface area contributed by atoms with Gasteiger partial charge < -0.3 is 5.32 Å². The van der Waals surface area contributed by atoms with Crippen molar-refractivity contribution in [3.05, 3.63) is 58.0 Å². The van der Waals surface area contributed by atoms with E-state index in [9.17, 15) is 9.18 Å². The van der Waals surface area contributed by atoms with Gasteiger partial charge in [0.25, 0.3) is 0 Å². The number of halogens is 1. The fourth-order valence-electron chi connectivity index (χ4n) is 1.73. The average Bonchev–Trinajstić information content (AvgIpc) is 2.81. The number of carbonyl (C=O) groups is 1. The van der Waals surface area contributed by atoms with Gasteiger partial charge in [-0.3, -0.25) is 4.79 Å². The van der Waals surface area contributed by atoms with Gasteiger partial charge >= 0.3 is 0 Å². The Morgan fingerprint density at radius 2 is 2.22 bits per heavy atom. The molecule has 0 aliphatic rings. The number of carbonyl (C=O) groups excluding carboxylic acids is 1. The third kappa shape index (κ3) is 3.40. The second kappa shape index (κ2) is 5.78. The molecule has 0 bridgehead atoms. The van der Waals surface area contributed by atoms with E-state index in [0.717, 1.165) is 4.88 Å². The molecule has 94 valence electrons. The van der Waals surface area contributed by atoms with E-state index in [1.165, 1.54) is 12.1 Å². The molecule has 0 unspecified atom stereocenters. The summed E-state index contributed by atoms with van der Waals surface area (Å²) < 4.78 is 13.0. The van der Waals surface area contributed by atoms with Crippen molar-refractivity contribution in [2.75, 3.05) is 0 Å². The minimum Gasteiger partial charge on any atom is -0.348 e. The van der Waals surface area contributed by atoms with Crippen LogP contribution in [0.25, 0.3) is 0 Å². The summed E-state index contributed by atoms with van der Waals surface area (Å²) >= 11 is 1.61. The van der Waals surface area contributed by atoms with E-state index in [4.69, 9.17) is 0 Å². The number of nitrogens with one attached hydrogen (secondary N) is 1. The van der Waals surface area contributed by atoms with Gasteiger partial charge in [0.1, 0.15) is 5.82 Å². The first-order valence-corrected chi connectivity index (χ1v) is 6.60. The standard InChI is InChI=1S/C14H14FNOS/c1-10(13-6-3-7-18-13)16-14(17)9-11-4-2-5-12(15)8-11/h2-8,10H,9H2,1H3,(H,16,17)/t10-/m0/s1. The summed E-state index contributed by atoms with van der Waals surface area (Å²) in [6, 6.07) is 10.0. The molecule has 0 aliphatic heterocycles. The van der Waals surface area contributed by atoms with Crippen LogP contribution in [0.5, 0.6) is 0 Å². The number of thiophene rings is 1. The highest BCUT2D eigenvalue weighted by atomic mass is 32.1. The molecular formula is C14H14FNOS. The molecule has 1 aromatic carbocycles. The van der Waals surface area contributed by atoms with Crippen LogP contribution in [0, 0.1) is 5.82 Å². The zero-order valence-corrected chi connectivity index (χ0v) is 10.8. The minimum atomic E-state index is -0.313. The predicted molar refractivity (Wildman–Crippen MR) is 71.0 cm³/mol. The monoisotopic (exact) mass is 263 g/mol. The van der Waals surface area contributed by atoms with Gasteiger partial charge in [0.2, 0.25) is 5.91 Å². The largest absolute Gasteiger partial charge is 0.348 e. The van der Waals surface area contributed by atoms with Gasteiger partial charge in [0.05, 0.1) is 12.5 Å². The van der Waals surface area contributed by atoms with Gasteiger partial charge in [-0.25, -0.2) is 4.39 Å². The van der Waals surface area contributed by atoms with E-state index in [0.29, 0.717) is 5.56 Å². The van der Waals surface area contributed by atoms with Gasteiger partial charge in [-0.15, -0.1) is 11.3 Å². The molecular weight excluding hydrogens is 249 g/mol. The van der Waals surface area contributed by atoms with Crippen LogP contribution in [-0.2, 0) is 11.2 Å². The summed E-state index contributed by atoms with van der Waals surface area (Å²) in [6.45, 7) is 1.94. The maximum atomic E-state index is 13.0. The molecule has 18 heavy (non-hydrogen) atoms. The Balaban J connectivity index is 1.93. The molecule has 4 heteroatoms. The molecule has 1 aromatic heterocycles. The van der Waals surface area contributed by atoms with Crippen LogP contribution in [-0.4, -0.2) is 5.91 Å². The molecule has 0 fully saturated rings.